The van der Waals surface area contributed by atoms with Crippen molar-refractivity contribution in [3.8, 4) is 17.2 Å². The number of nitrogens with zero attached hydrogens (tertiary/aromatic N) is 1. The van der Waals surface area contributed by atoms with E-state index in [1.807, 2.05) is 44.2 Å². The van der Waals surface area contributed by atoms with Crippen molar-refractivity contribution in [1.82, 2.24) is 10.2 Å². The first-order chi connectivity index (χ1) is 15.3. The van der Waals surface area contributed by atoms with Crippen molar-refractivity contribution in [2.24, 2.45) is 5.92 Å². The number of nitrogens with one attached hydrogen (secondary N) is 1. The molecule has 32 heavy (non-hydrogen) atoms. The van der Waals surface area contributed by atoms with Gasteiger partial charge in [-0.1, -0.05) is 44.2 Å². The summed E-state index contributed by atoms with van der Waals surface area (Å²) >= 11 is 0. The van der Waals surface area contributed by atoms with Crippen LogP contribution >= 0.6 is 0 Å². The largest absolute Gasteiger partial charge is 0.496 e. The summed E-state index contributed by atoms with van der Waals surface area (Å²) in [7, 11) is 3.10. The lowest BCUT2D eigenvalue weighted by Gasteiger charge is -2.29. The number of hydrogen-bond acceptors (Lipinski definition) is 5. The third-order valence-corrected chi connectivity index (χ3v) is 5.02. The summed E-state index contributed by atoms with van der Waals surface area (Å²) in [5.74, 6) is 1.46. The minimum absolute atomic E-state index is 0.178. The Bertz CT molecular complexity index is 848. The van der Waals surface area contributed by atoms with Gasteiger partial charge in [0.1, 0.15) is 23.3 Å². The Morgan fingerprint density at radius 2 is 1.53 bits per heavy atom. The standard InChI is InChI=1S/C25H34N2O5/c1-18(2)16-26-25(29)19(3)27(12-11-20-9-7-6-8-10-20)24(28)17-32-23-14-21(30-4)13-22(15-23)31-5/h6-10,13-15,18-19H,11-12,16-17H2,1-5H3,(H,26,29). The van der Waals surface area contributed by atoms with E-state index in [4.69, 9.17) is 14.2 Å². The zero-order valence-corrected chi connectivity index (χ0v) is 19.6. The SMILES string of the molecule is COc1cc(OC)cc(OCC(=O)N(CCc2ccccc2)C(C)C(=O)NCC(C)C)c1. The summed E-state index contributed by atoms with van der Waals surface area (Å²) in [5, 5.41) is 2.91. The normalized spacial score (nSPS) is 11.6. The van der Waals surface area contributed by atoms with E-state index in [9.17, 15) is 9.59 Å². The first-order valence-electron chi connectivity index (χ1n) is 10.8. The third kappa shape index (κ3) is 7.80. The van der Waals surface area contributed by atoms with Crippen molar-refractivity contribution in [2.75, 3.05) is 33.9 Å². The van der Waals surface area contributed by atoms with Gasteiger partial charge in [0.25, 0.3) is 5.91 Å². The lowest BCUT2D eigenvalue weighted by molar-refractivity contribution is -0.141. The molecule has 7 nitrogen and oxygen atoms in total. The molecule has 174 valence electrons. The fourth-order valence-electron chi connectivity index (χ4n) is 3.12. The maximum Gasteiger partial charge on any atom is 0.261 e. The van der Waals surface area contributed by atoms with Gasteiger partial charge in [-0.05, 0) is 24.8 Å². The summed E-state index contributed by atoms with van der Waals surface area (Å²) in [4.78, 5) is 27.3. The molecule has 1 atom stereocenters. The Kier molecular flexibility index (Phi) is 9.85. The Morgan fingerprint density at radius 1 is 0.938 bits per heavy atom. The number of carbonyl (C=O) groups excluding carboxylic acids is 2. The van der Waals surface area contributed by atoms with E-state index in [1.165, 1.54) is 0 Å². The van der Waals surface area contributed by atoms with Gasteiger partial charge in [-0.2, -0.15) is 0 Å². The lowest BCUT2D eigenvalue weighted by Crippen LogP contribution is -2.50. The molecule has 0 radical (unpaired) electrons. The number of carbonyl (C=O) groups is 2. The lowest BCUT2D eigenvalue weighted by atomic mass is 10.1. The van der Waals surface area contributed by atoms with E-state index in [0.717, 1.165) is 5.56 Å². The van der Waals surface area contributed by atoms with Gasteiger partial charge < -0.3 is 24.4 Å². The molecule has 7 heteroatoms. The molecule has 0 fully saturated rings. The van der Waals surface area contributed by atoms with Crippen LogP contribution in [0.3, 0.4) is 0 Å². The molecule has 0 aliphatic carbocycles. The second kappa shape index (κ2) is 12.6. The molecule has 0 heterocycles. The van der Waals surface area contributed by atoms with E-state index in [-0.39, 0.29) is 18.4 Å². The summed E-state index contributed by atoms with van der Waals surface area (Å²) in [5.41, 5.74) is 1.10. The van der Waals surface area contributed by atoms with Crippen molar-refractivity contribution in [2.45, 2.75) is 33.2 Å². The average Bonchev–Trinajstić information content (AvgIpc) is 2.81. The Hall–Kier alpha value is -3.22. The molecule has 2 amide bonds. The first-order valence-corrected chi connectivity index (χ1v) is 10.8. The molecule has 0 aromatic heterocycles. The maximum absolute atomic E-state index is 13.1. The molecule has 0 bridgehead atoms. The van der Waals surface area contributed by atoms with Crippen molar-refractivity contribution < 1.29 is 23.8 Å². The fourth-order valence-corrected chi connectivity index (χ4v) is 3.12. The summed E-state index contributed by atoms with van der Waals surface area (Å²) in [6, 6.07) is 14.3. The minimum atomic E-state index is -0.617. The summed E-state index contributed by atoms with van der Waals surface area (Å²) in [6.07, 6.45) is 0.640. The van der Waals surface area contributed by atoms with Crippen LogP contribution in [0.15, 0.2) is 48.5 Å². The van der Waals surface area contributed by atoms with Gasteiger partial charge in [0.05, 0.1) is 14.2 Å². The van der Waals surface area contributed by atoms with Gasteiger partial charge in [0, 0.05) is 31.3 Å². The highest BCUT2D eigenvalue weighted by atomic mass is 16.5. The molecule has 1 N–H and O–H groups in total. The number of rotatable bonds is 12. The van der Waals surface area contributed by atoms with Crippen LogP contribution in [-0.4, -0.2) is 56.7 Å². The van der Waals surface area contributed by atoms with Crippen molar-refractivity contribution >= 4 is 11.8 Å². The van der Waals surface area contributed by atoms with Crippen molar-refractivity contribution in [1.29, 1.82) is 0 Å². The van der Waals surface area contributed by atoms with Crippen LogP contribution < -0.4 is 19.5 Å². The second-order valence-electron chi connectivity index (χ2n) is 7.97. The third-order valence-electron chi connectivity index (χ3n) is 5.02. The number of amides is 2. The molecule has 2 aromatic rings. The van der Waals surface area contributed by atoms with Crippen LogP contribution in [0.5, 0.6) is 17.2 Å². The molecule has 0 saturated heterocycles. The van der Waals surface area contributed by atoms with Gasteiger partial charge in [-0.25, -0.2) is 0 Å². The van der Waals surface area contributed by atoms with Crippen molar-refractivity contribution in [3.05, 3.63) is 54.1 Å². The van der Waals surface area contributed by atoms with Gasteiger partial charge >= 0.3 is 0 Å². The Morgan fingerprint density at radius 3 is 2.09 bits per heavy atom. The maximum atomic E-state index is 13.1. The highest BCUT2D eigenvalue weighted by molar-refractivity contribution is 5.88. The van der Waals surface area contributed by atoms with Crippen LogP contribution in [0.25, 0.3) is 0 Å². The van der Waals surface area contributed by atoms with Crippen molar-refractivity contribution in [3.63, 3.8) is 0 Å². The number of benzene rings is 2. The second-order valence-corrected chi connectivity index (χ2v) is 7.97. The van der Waals surface area contributed by atoms with Crippen LogP contribution in [-0.2, 0) is 16.0 Å². The molecule has 1 unspecified atom stereocenters. The zero-order valence-electron chi connectivity index (χ0n) is 19.6. The van der Waals surface area contributed by atoms with Crippen LogP contribution in [0.1, 0.15) is 26.3 Å². The van der Waals surface area contributed by atoms with E-state index in [0.29, 0.717) is 42.7 Å². The van der Waals surface area contributed by atoms with Crippen LogP contribution in [0.2, 0.25) is 0 Å². The monoisotopic (exact) mass is 442 g/mol. The van der Waals surface area contributed by atoms with Gasteiger partial charge in [0.15, 0.2) is 6.61 Å². The molecule has 0 aliphatic heterocycles. The Labute approximate surface area is 190 Å². The van der Waals surface area contributed by atoms with Gasteiger partial charge in [0.2, 0.25) is 5.91 Å². The zero-order chi connectivity index (χ0) is 23.5. The summed E-state index contributed by atoms with van der Waals surface area (Å²) in [6.45, 7) is 6.56. The number of methoxy groups -OCH3 is 2. The number of hydrogen-bond donors (Lipinski definition) is 1. The summed E-state index contributed by atoms with van der Waals surface area (Å²) < 4.78 is 16.2. The van der Waals surface area contributed by atoms with Crippen LogP contribution in [0.4, 0.5) is 0 Å². The highest BCUT2D eigenvalue weighted by Crippen LogP contribution is 2.27. The number of ether oxygens (including phenoxy) is 3. The molecular weight excluding hydrogens is 408 g/mol. The molecule has 2 aromatic carbocycles. The molecule has 2 rings (SSSR count). The Balaban J connectivity index is 2.10. The smallest absolute Gasteiger partial charge is 0.261 e. The van der Waals surface area contributed by atoms with Gasteiger partial charge in [-0.15, -0.1) is 0 Å². The predicted molar refractivity (Wildman–Crippen MR) is 124 cm³/mol. The molecule has 0 aliphatic rings. The predicted octanol–water partition coefficient (Wildman–Crippen LogP) is 3.31. The topological polar surface area (TPSA) is 77.1 Å². The molecule has 0 spiro atoms. The van der Waals surface area contributed by atoms with Gasteiger partial charge in [-0.3, -0.25) is 9.59 Å². The highest BCUT2D eigenvalue weighted by Gasteiger charge is 2.26. The average molecular weight is 443 g/mol. The minimum Gasteiger partial charge on any atom is -0.496 e. The first kappa shape index (κ1) is 25.0. The van der Waals surface area contributed by atoms with E-state index >= 15 is 0 Å². The van der Waals surface area contributed by atoms with E-state index in [1.54, 1.807) is 44.2 Å². The van der Waals surface area contributed by atoms with E-state index in [2.05, 4.69) is 5.32 Å². The molecular formula is C25H34N2O5. The van der Waals surface area contributed by atoms with Crippen LogP contribution in [0, 0.1) is 5.92 Å². The van der Waals surface area contributed by atoms with E-state index < -0.39 is 6.04 Å². The fraction of sp³-hybridized carbons (Fsp3) is 0.440. The molecule has 0 saturated carbocycles. The quantitative estimate of drug-likeness (QED) is 0.546.